The number of carbonyl (C=O) groups excluding carboxylic acids is 2. The van der Waals surface area contributed by atoms with Crippen LogP contribution in [0.4, 0.5) is 0 Å². The van der Waals surface area contributed by atoms with Crippen LogP contribution in [0.1, 0.15) is 69.8 Å². The average Bonchev–Trinajstić information content (AvgIpc) is 3.24. The predicted octanol–water partition coefficient (Wildman–Crippen LogP) is 3.11. The highest BCUT2D eigenvalue weighted by atomic mass is 35.5. The molecule has 14 heteroatoms. The van der Waals surface area contributed by atoms with E-state index in [1.807, 2.05) is 23.4 Å². The van der Waals surface area contributed by atoms with Gasteiger partial charge in [-0.25, -0.2) is 17.8 Å². The smallest absolute Gasteiger partial charge is 0.246 e. The third kappa shape index (κ3) is 7.94. The summed E-state index contributed by atoms with van der Waals surface area (Å²) in [6.07, 6.45) is 3.67. The molecule has 1 aromatic carbocycles. The zero-order chi connectivity index (χ0) is 30.7. The van der Waals surface area contributed by atoms with Crippen molar-refractivity contribution in [1.82, 2.24) is 29.6 Å². The lowest BCUT2D eigenvalue weighted by atomic mass is 9.80. The summed E-state index contributed by atoms with van der Waals surface area (Å²) in [4.78, 5) is 31.5. The van der Waals surface area contributed by atoms with E-state index in [4.69, 9.17) is 10.2 Å². The second kappa shape index (κ2) is 15.9. The van der Waals surface area contributed by atoms with Gasteiger partial charge in [0.1, 0.15) is 11.6 Å². The van der Waals surface area contributed by atoms with Crippen LogP contribution in [0.5, 0.6) is 0 Å². The Bertz CT molecular complexity index is 1370. The van der Waals surface area contributed by atoms with Crippen LogP contribution in [0.2, 0.25) is 0 Å². The number of nitrogens with zero attached hydrogens (tertiary/aromatic N) is 4. The molecule has 1 atom stereocenters. The molecule has 11 nitrogen and oxygen atoms in total. The molecule has 0 bridgehead atoms. The Labute approximate surface area is 274 Å². The Hall–Kier alpha value is -2.22. The zero-order valence-corrected chi connectivity index (χ0v) is 28.8. The second-order valence-corrected chi connectivity index (χ2v) is 13.8. The summed E-state index contributed by atoms with van der Waals surface area (Å²) in [7, 11) is -3.69. The molecule has 4 rings (SSSR count). The summed E-state index contributed by atoms with van der Waals surface area (Å²) < 4.78 is 28.9. The molecule has 1 aromatic heterocycles. The number of carbonyl (C=O) groups is 2. The van der Waals surface area contributed by atoms with Crippen LogP contribution in [-0.4, -0.2) is 89.3 Å². The van der Waals surface area contributed by atoms with Crippen molar-refractivity contribution >= 4 is 46.7 Å². The molecule has 2 amide bonds. The molecule has 3 N–H and O–H groups in total. The molecule has 3 heterocycles. The number of rotatable bonds is 12. The van der Waals surface area contributed by atoms with Gasteiger partial charge in [0.15, 0.2) is 0 Å². The Morgan fingerprint density at radius 2 is 1.75 bits per heavy atom. The number of benzene rings is 1. The van der Waals surface area contributed by atoms with Gasteiger partial charge >= 0.3 is 0 Å². The molecule has 44 heavy (non-hydrogen) atoms. The van der Waals surface area contributed by atoms with Gasteiger partial charge in [-0.3, -0.25) is 14.5 Å². The van der Waals surface area contributed by atoms with E-state index in [1.165, 1.54) is 12.1 Å². The fourth-order valence-electron chi connectivity index (χ4n) is 6.13. The van der Waals surface area contributed by atoms with Crippen LogP contribution in [0.3, 0.4) is 0 Å². The maximum Gasteiger partial charge on any atom is 0.246 e. The van der Waals surface area contributed by atoms with E-state index >= 15 is 0 Å². The summed E-state index contributed by atoms with van der Waals surface area (Å²) in [5.41, 5.74) is 2.91. The van der Waals surface area contributed by atoms with Gasteiger partial charge in [-0.15, -0.1) is 24.8 Å². The number of aliphatic hydroxyl groups excluding tert-OH is 1. The van der Waals surface area contributed by atoms with E-state index in [0.717, 1.165) is 35.5 Å². The number of unbranched alkanes of at least 4 members (excludes halogenated alkanes) is 1. The summed E-state index contributed by atoms with van der Waals surface area (Å²) in [5, 5.41) is 16.8. The van der Waals surface area contributed by atoms with Gasteiger partial charge in [0.2, 0.25) is 21.8 Å². The van der Waals surface area contributed by atoms with Crippen LogP contribution < -0.4 is 10.0 Å². The molecule has 2 aliphatic heterocycles. The maximum absolute atomic E-state index is 13.6. The van der Waals surface area contributed by atoms with E-state index in [2.05, 4.69) is 35.7 Å². The highest BCUT2D eigenvalue weighted by Gasteiger charge is 2.53. The van der Waals surface area contributed by atoms with Gasteiger partial charge in [-0.1, -0.05) is 27.2 Å². The molecule has 0 radical (unpaired) electrons. The number of aryl methyl sites for hydroxylation is 1. The number of sulfonamides is 1. The van der Waals surface area contributed by atoms with Crippen molar-refractivity contribution in [3.05, 3.63) is 41.2 Å². The summed E-state index contributed by atoms with van der Waals surface area (Å²) >= 11 is 0. The molecule has 248 valence electrons. The van der Waals surface area contributed by atoms with E-state index in [1.54, 1.807) is 12.1 Å². The molecule has 2 saturated heterocycles. The van der Waals surface area contributed by atoms with Gasteiger partial charge in [0, 0.05) is 44.0 Å². The Kier molecular flexibility index (Phi) is 13.7. The summed E-state index contributed by atoms with van der Waals surface area (Å²) in [5.74, 6) is 0.359. The van der Waals surface area contributed by atoms with Gasteiger partial charge in [-0.2, -0.15) is 5.10 Å². The van der Waals surface area contributed by atoms with Crippen molar-refractivity contribution in [2.45, 2.75) is 89.7 Å². The number of amides is 2. The first-order valence-corrected chi connectivity index (χ1v) is 16.5. The highest BCUT2D eigenvalue weighted by molar-refractivity contribution is 7.89. The van der Waals surface area contributed by atoms with Gasteiger partial charge in [0.25, 0.3) is 0 Å². The third-order valence-corrected chi connectivity index (χ3v) is 10.0. The molecule has 1 spiro atoms. The lowest BCUT2D eigenvalue weighted by molar-refractivity contribution is -0.161. The van der Waals surface area contributed by atoms with Crippen LogP contribution in [0.25, 0.3) is 5.69 Å². The summed E-state index contributed by atoms with van der Waals surface area (Å²) in [6.45, 7) is 12.6. The standard InChI is InChI=1S/C30H46N6O5S.2ClH/c1-6-7-15-35-28(38)27(19-21(2)3)32-29(39)30(35)12-16-34(17-13-30)20-26-22(4)33-36(23(26)5)24-8-10-25(11-9-24)42(40,41)31-14-18-37;;/h8-11,21,27,31,37H,6-7,12-20H2,1-5H3,(H,32,39);2*1H/t27-;;/m0../s1. The lowest BCUT2D eigenvalue weighted by Crippen LogP contribution is -2.73. The lowest BCUT2D eigenvalue weighted by Gasteiger charge is -2.52. The number of likely N-dealkylation sites (tertiary alicyclic amines) is 1. The zero-order valence-electron chi connectivity index (χ0n) is 26.3. The minimum Gasteiger partial charge on any atom is -0.395 e. The monoisotopic (exact) mass is 674 g/mol. The molecular formula is C30H48Cl2N6O5S. The number of nitrogens with one attached hydrogen (secondary N) is 2. The summed E-state index contributed by atoms with van der Waals surface area (Å²) in [6, 6.07) is 6.05. The topological polar surface area (TPSA) is 137 Å². The normalized spacial score (nSPS) is 18.7. The first-order valence-electron chi connectivity index (χ1n) is 15.0. The Balaban J connectivity index is 0.00000337. The number of aromatic nitrogens is 2. The highest BCUT2D eigenvalue weighted by Crippen LogP contribution is 2.35. The number of hydrogen-bond acceptors (Lipinski definition) is 7. The molecule has 0 saturated carbocycles. The van der Waals surface area contributed by atoms with E-state index in [9.17, 15) is 18.0 Å². The van der Waals surface area contributed by atoms with Crippen LogP contribution >= 0.6 is 24.8 Å². The van der Waals surface area contributed by atoms with Crippen molar-refractivity contribution in [3.8, 4) is 5.69 Å². The first kappa shape index (κ1) is 38.0. The van der Waals surface area contributed by atoms with Crippen LogP contribution in [0.15, 0.2) is 29.2 Å². The third-order valence-electron chi connectivity index (χ3n) is 8.55. The minimum absolute atomic E-state index is 0. The van der Waals surface area contributed by atoms with Crippen LogP contribution in [-0.2, 0) is 26.2 Å². The minimum atomic E-state index is -3.69. The molecule has 2 aromatic rings. The van der Waals surface area contributed by atoms with Gasteiger partial charge in [0.05, 0.1) is 22.9 Å². The fourth-order valence-corrected chi connectivity index (χ4v) is 7.16. The number of piperidine rings is 1. The largest absolute Gasteiger partial charge is 0.395 e. The molecule has 2 fully saturated rings. The number of hydrogen-bond donors (Lipinski definition) is 3. The van der Waals surface area contributed by atoms with Crippen molar-refractivity contribution in [3.63, 3.8) is 0 Å². The van der Waals surface area contributed by atoms with Crippen molar-refractivity contribution < 1.29 is 23.1 Å². The van der Waals surface area contributed by atoms with Gasteiger partial charge < -0.3 is 15.3 Å². The first-order chi connectivity index (χ1) is 19.9. The second-order valence-electron chi connectivity index (χ2n) is 12.0. The Morgan fingerprint density at radius 3 is 2.32 bits per heavy atom. The van der Waals surface area contributed by atoms with E-state index < -0.39 is 21.6 Å². The quantitative estimate of drug-likeness (QED) is 0.315. The SMILES string of the molecule is CCCCN1C(=O)[C@H](CC(C)C)NC(=O)C12CCN(Cc1c(C)nn(-c3ccc(S(=O)(=O)NCCO)cc3)c1C)CC2.Cl.Cl. The predicted molar refractivity (Wildman–Crippen MR) is 175 cm³/mol. The van der Waals surface area contributed by atoms with Crippen molar-refractivity contribution in [2.75, 3.05) is 32.8 Å². The van der Waals surface area contributed by atoms with E-state index in [0.29, 0.717) is 51.4 Å². The Morgan fingerprint density at radius 1 is 1.11 bits per heavy atom. The van der Waals surface area contributed by atoms with Gasteiger partial charge in [-0.05, 0) is 69.7 Å². The molecule has 0 unspecified atom stereocenters. The van der Waals surface area contributed by atoms with E-state index in [-0.39, 0.29) is 54.7 Å². The fraction of sp³-hybridized carbons (Fsp3) is 0.633. The number of piperazine rings is 1. The number of aliphatic hydroxyl groups is 1. The van der Waals surface area contributed by atoms with Crippen molar-refractivity contribution in [1.29, 1.82) is 0 Å². The average molecular weight is 676 g/mol. The molecule has 0 aliphatic carbocycles. The van der Waals surface area contributed by atoms with Crippen molar-refractivity contribution in [2.24, 2.45) is 5.92 Å². The van der Waals surface area contributed by atoms with Crippen LogP contribution in [0, 0.1) is 19.8 Å². The molecule has 2 aliphatic rings. The molecular weight excluding hydrogens is 627 g/mol. The number of halogens is 2. The maximum atomic E-state index is 13.6.